The summed E-state index contributed by atoms with van der Waals surface area (Å²) >= 11 is 0. The predicted molar refractivity (Wildman–Crippen MR) is 133 cm³/mol. The fraction of sp³-hybridized carbons (Fsp3) is 0.667. The maximum absolute atomic E-state index is 12.5. The van der Waals surface area contributed by atoms with E-state index in [1.54, 1.807) is 0 Å². The van der Waals surface area contributed by atoms with Gasteiger partial charge in [0.2, 0.25) is 5.91 Å². The number of benzene rings is 1. The summed E-state index contributed by atoms with van der Waals surface area (Å²) in [7, 11) is 0. The molecule has 180 valence electrons. The maximum atomic E-state index is 12.5. The molecule has 1 fully saturated rings. The summed E-state index contributed by atoms with van der Waals surface area (Å²) in [5.74, 6) is 0.747. The molecule has 1 saturated heterocycles. The molecule has 0 unspecified atom stereocenters. The molecule has 32 heavy (non-hydrogen) atoms. The van der Waals surface area contributed by atoms with Crippen LogP contribution in [0.15, 0.2) is 30.3 Å². The Balaban J connectivity index is 1.86. The molecule has 2 rings (SSSR count). The van der Waals surface area contributed by atoms with E-state index >= 15 is 0 Å². The standard InChI is InChI=1S/C27H44N2O3/c1-3-5-7-8-16-27(26(28)30,15-6-4-2)17-9-10-24-11-13-25(14-12-24)32-23-20-29-18-21-31-22-19-29/h9-14H,3-8,15-23H2,1-2H3,(H2,28,30)/b10-9+/t27-/m1/s1. The first-order valence-electron chi connectivity index (χ1n) is 12.6. The Morgan fingerprint density at radius 2 is 1.75 bits per heavy atom. The third-order valence-corrected chi connectivity index (χ3v) is 6.52. The molecule has 1 heterocycles. The number of rotatable bonds is 16. The summed E-state index contributed by atoms with van der Waals surface area (Å²) in [6, 6.07) is 8.17. The van der Waals surface area contributed by atoms with Gasteiger partial charge in [0.1, 0.15) is 12.4 Å². The van der Waals surface area contributed by atoms with E-state index in [2.05, 4.69) is 43.0 Å². The Morgan fingerprint density at radius 1 is 1.06 bits per heavy atom. The first-order chi connectivity index (χ1) is 15.6. The number of hydrogen-bond donors (Lipinski definition) is 1. The van der Waals surface area contributed by atoms with Gasteiger partial charge in [-0.2, -0.15) is 0 Å². The lowest BCUT2D eigenvalue weighted by molar-refractivity contribution is -0.128. The van der Waals surface area contributed by atoms with Crippen molar-refractivity contribution in [1.82, 2.24) is 4.90 Å². The lowest BCUT2D eigenvalue weighted by Gasteiger charge is -2.30. The van der Waals surface area contributed by atoms with Crippen molar-refractivity contribution in [2.24, 2.45) is 11.1 Å². The average molecular weight is 445 g/mol. The second-order valence-corrected chi connectivity index (χ2v) is 9.04. The first-order valence-corrected chi connectivity index (χ1v) is 12.6. The summed E-state index contributed by atoms with van der Waals surface area (Å²) in [6.45, 7) is 9.59. The van der Waals surface area contributed by atoms with Crippen LogP contribution >= 0.6 is 0 Å². The molecule has 0 aliphatic carbocycles. The number of unbranched alkanes of at least 4 members (excludes halogenated alkanes) is 4. The Morgan fingerprint density at radius 3 is 2.41 bits per heavy atom. The first kappa shape index (κ1) is 26.4. The zero-order valence-electron chi connectivity index (χ0n) is 20.3. The molecular weight excluding hydrogens is 400 g/mol. The van der Waals surface area contributed by atoms with E-state index in [0.717, 1.165) is 76.3 Å². The Hall–Kier alpha value is -1.85. The van der Waals surface area contributed by atoms with Gasteiger partial charge in [-0.25, -0.2) is 0 Å². The summed E-state index contributed by atoms with van der Waals surface area (Å²) < 4.78 is 11.3. The van der Waals surface area contributed by atoms with Crippen molar-refractivity contribution < 1.29 is 14.3 Å². The quantitative estimate of drug-likeness (QED) is 0.345. The highest BCUT2D eigenvalue weighted by Gasteiger charge is 2.34. The van der Waals surface area contributed by atoms with E-state index in [0.29, 0.717) is 13.0 Å². The number of amides is 1. The van der Waals surface area contributed by atoms with Gasteiger partial charge in [-0.3, -0.25) is 9.69 Å². The summed E-state index contributed by atoms with van der Waals surface area (Å²) in [6.07, 6.45) is 13.5. The van der Waals surface area contributed by atoms with Crippen molar-refractivity contribution in [3.63, 3.8) is 0 Å². The van der Waals surface area contributed by atoms with Gasteiger partial charge in [0.25, 0.3) is 0 Å². The number of ether oxygens (including phenoxy) is 2. The number of morpholine rings is 1. The fourth-order valence-electron chi connectivity index (χ4n) is 4.29. The molecule has 2 N–H and O–H groups in total. The molecule has 1 aromatic carbocycles. The number of nitrogens with zero attached hydrogens (tertiary/aromatic N) is 1. The molecule has 1 aromatic rings. The van der Waals surface area contributed by atoms with E-state index in [-0.39, 0.29) is 5.91 Å². The molecule has 5 heteroatoms. The van der Waals surface area contributed by atoms with Crippen molar-refractivity contribution in [2.45, 2.75) is 71.6 Å². The molecule has 0 saturated carbocycles. The van der Waals surface area contributed by atoms with Gasteiger partial charge in [-0.15, -0.1) is 0 Å². The second-order valence-electron chi connectivity index (χ2n) is 9.04. The smallest absolute Gasteiger partial charge is 0.223 e. The highest BCUT2D eigenvalue weighted by atomic mass is 16.5. The van der Waals surface area contributed by atoms with Crippen LogP contribution in [0.4, 0.5) is 0 Å². The van der Waals surface area contributed by atoms with Gasteiger partial charge < -0.3 is 15.2 Å². The monoisotopic (exact) mass is 444 g/mol. The van der Waals surface area contributed by atoms with Crippen molar-refractivity contribution >= 4 is 12.0 Å². The number of hydrogen-bond acceptors (Lipinski definition) is 4. The highest BCUT2D eigenvalue weighted by Crippen LogP contribution is 2.35. The number of carbonyl (C=O) groups is 1. The normalized spacial score (nSPS) is 16.8. The van der Waals surface area contributed by atoms with Crippen molar-refractivity contribution in [3.8, 4) is 5.75 Å². The van der Waals surface area contributed by atoms with Gasteiger partial charge in [-0.05, 0) is 37.0 Å². The fourth-order valence-corrected chi connectivity index (χ4v) is 4.29. The van der Waals surface area contributed by atoms with Crippen LogP contribution in [0.2, 0.25) is 0 Å². The summed E-state index contributed by atoms with van der Waals surface area (Å²) in [4.78, 5) is 14.8. The van der Waals surface area contributed by atoms with E-state index in [1.165, 1.54) is 19.3 Å². The second kappa shape index (κ2) is 15.1. The number of allylic oxidation sites excluding steroid dienone is 1. The molecule has 1 amide bonds. The van der Waals surface area contributed by atoms with Crippen molar-refractivity contribution in [3.05, 3.63) is 35.9 Å². The Bertz CT molecular complexity index is 668. The van der Waals surface area contributed by atoms with Crippen molar-refractivity contribution in [2.75, 3.05) is 39.5 Å². The minimum atomic E-state index is -0.414. The number of primary amides is 1. The molecular formula is C27H44N2O3. The van der Waals surface area contributed by atoms with Crippen LogP contribution < -0.4 is 10.5 Å². The number of nitrogens with two attached hydrogens (primary N) is 1. The molecule has 5 nitrogen and oxygen atoms in total. The van der Waals surface area contributed by atoms with Gasteiger partial charge in [0.15, 0.2) is 0 Å². The Labute approximate surface area is 195 Å². The molecule has 0 aromatic heterocycles. The third kappa shape index (κ3) is 9.33. The molecule has 1 atom stereocenters. The van der Waals surface area contributed by atoms with Gasteiger partial charge in [-0.1, -0.05) is 76.7 Å². The Kier molecular flexibility index (Phi) is 12.4. The minimum Gasteiger partial charge on any atom is -0.492 e. The largest absolute Gasteiger partial charge is 0.492 e. The number of carbonyl (C=O) groups excluding carboxylic acids is 1. The molecule has 1 aliphatic rings. The lowest BCUT2D eigenvalue weighted by atomic mass is 9.74. The average Bonchev–Trinajstić information content (AvgIpc) is 2.81. The summed E-state index contributed by atoms with van der Waals surface area (Å²) in [5, 5.41) is 0. The van der Waals surface area contributed by atoms with Crippen molar-refractivity contribution in [1.29, 1.82) is 0 Å². The molecule has 0 spiro atoms. The van der Waals surface area contributed by atoms with Crippen LogP contribution in [0, 0.1) is 5.41 Å². The zero-order valence-corrected chi connectivity index (χ0v) is 20.3. The zero-order chi connectivity index (χ0) is 23.1. The van der Waals surface area contributed by atoms with E-state index in [4.69, 9.17) is 15.2 Å². The highest BCUT2D eigenvalue weighted by molar-refractivity contribution is 5.81. The van der Waals surface area contributed by atoms with Crippen LogP contribution in [-0.4, -0.2) is 50.3 Å². The van der Waals surface area contributed by atoms with Gasteiger partial charge in [0, 0.05) is 19.6 Å². The van der Waals surface area contributed by atoms with Crippen LogP contribution in [0.5, 0.6) is 5.75 Å². The minimum absolute atomic E-state index is 0.142. The SMILES string of the molecule is CCCCCC[C@@](C/C=C/c1ccc(OCCN2CCOCC2)cc1)(CCCC)C(N)=O. The van der Waals surface area contributed by atoms with Crippen LogP contribution in [-0.2, 0) is 9.53 Å². The van der Waals surface area contributed by atoms with Gasteiger partial charge in [0.05, 0.1) is 18.6 Å². The van der Waals surface area contributed by atoms with E-state index < -0.39 is 5.41 Å². The van der Waals surface area contributed by atoms with E-state index in [9.17, 15) is 4.79 Å². The van der Waals surface area contributed by atoms with E-state index in [1.807, 2.05) is 12.1 Å². The topological polar surface area (TPSA) is 64.8 Å². The van der Waals surface area contributed by atoms with Crippen LogP contribution in [0.25, 0.3) is 6.08 Å². The lowest BCUT2D eigenvalue weighted by Crippen LogP contribution is -2.38. The van der Waals surface area contributed by atoms with Crippen LogP contribution in [0.1, 0.15) is 77.2 Å². The van der Waals surface area contributed by atoms with Gasteiger partial charge >= 0.3 is 0 Å². The predicted octanol–water partition coefficient (Wildman–Crippen LogP) is 5.43. The van der Waals surface area contributed by atoms with Crippen LogP contribution in [0.3, 0.4) is 0 Å². The summed E-state index contributed by atoms with van der Waals surface area (Å²) in [5.41, 5.74) is 6.63. The maximum Gasteiger partial charge on any atom is 0.223 e. The molecule has 0 bridgehead atoms. The molecule has 1 aliphatic heterocycles. The molecule has 0 radical (unpaired) electrons. The third-order valence-electron chi connectivity index (χ3n) is 6.52.